The number of benzene rings is 1. The summed E-state index contributed by atoms with van der Waals surface area (Å²) in [6, 6.07) is 9.07. The van der Waals surface area contributed by atoms with Crippen LogP contribution in [0.4, 0.5) is 0 Å². The van der Waals surface area contributed by atoms with Crippen LogP contribution in [0.2, 0.25) is 5.02 Å². The first-order valence-corrected chi connectivity index (χ1v) is 10.7. The van der Waals surface area contributed by atoms with Crippen molar-refractivity contribution in [2.24, 2.45) is 4.99 Å². The minimum Gasteiger partial charge on any atom is -0.357 e. The van der Waals surface area contributed by atoms with Gasteiger partial charge in [-0.15, -0.1) is 0 Å². The van der Waals surface area contributed by atoms with Crippen molar-refractivity contribution in [3.63, 3.8) is 0 Å². The molecule has 1 N–H and O–H groups in total. The van der Waals surface area contributed by atoms with E-state index >= 15 is 0 Å². The zero-order chi connectivity index (χ0) is 19.2. The minimum absolute atomic E-state index is 0.243. The number of rotatable bonds is 6. The number of hydrogen-bond acceptors (Lipinski definition) is 3. The Morgan fingerprint density at radius 2 is 1.93 bits per heavy atom. The largest absolute Gasteiger partial charge is 0.357 e. The second-order valence-corrected chi connectivity index (χ2v) is 8.29. The van der Waals surface area contributed by atoms with Crippen LogP contribution in [0.5, 0.6) is 0 Å². The van der Waals surface area contributed by atoms with Crippen molar-refractivity contribution < 1.29 is 0 Å². The SMILES string of the molecule is CCNC(=NCC(c1ccc(Cl)cc1)N(C)C)N1CCC(N2CCCC2)C1. The summed E-state index contributed by atoms with van der Waals surface area (Å²) in [6.45, 7) is 8.52. The summed E-state index contributed by atoms with van der Waals surface area (Å²) < 4.78 is 0. The number of hydrogen-bond donors (Lipinski definition) is 1. The molecule has 2 aliphatic heterocycles. The highest BCUT2D eigenvalue weighted by molar-refractivity contribution is 6.30. The van der Waals surface area contributed by atoms with Gasteiger partial charge < -0.3 is 15.1 Å². The molecule has 0 spiro atoms. The van der Waals surface area contributed by atoms with E-state index in [1.54, 1.807) is 0 Å². The molecule has 2 aliphatic rings. The van der Waals surface area contributed by atoms with Gasteiger partial charge in [0, 0.05) is 30.7 Å². The fourth-order valence-electron chi connectivity index (χ4n) is 4.19. The maximum atomic E-state index is 6.06. The number of halogens is 1. The molecule has 0 aromatic heterocycles. The van der Waals surface area contributed by atoms with E-state index in [1.165, 1.54) is 37.9 Å². The predicted molar refractivity (Wildman–Crippen MR) is 115 cm³/mol. The van der Waals surface area contributed by atoms with Gasteiger partial charge in [0.1, 0.15) is 0 Å². The highest BCUT2D eigenvalue weighted by Crippen LogP contribution is 2.23. The quantitative estimate of drug-likeness (QED) is 0.597. The third-order valence-corrected chi connectivity index (χ3v) is 6.00. The molecule has 27 heavy (non-hydrogen) atoms. The van der Waals surface area contributed by atoms with Crippen LogP contribution in [0, 0.1) is 0 Å². The smallest absolute Gasteiger partial charge is 0.194 e. The number of nitrogens with one attached hydrogen (secondary N) is 1. The van der Waals surface area contributed by atoms with Gasteiger partial charge in [-0.1, -0.05) is 23.7 Å². The second kappa shape index (κ2) is 9.76. The molecule has 0 amide bonds. The lowest BCUT2D eigenvalue weighted by atomic mass is 10.1. The lowest BCUT2D eigenvalue weighted by Crippen LogP contribution is -2.43. The second-order valence-electron chi connectivity index (χ2n) is 7.86. The van der Waals surface area contributed by atoms with Crippen LogP contribution in [-0.2, 0) is 0 Å². The van der Waals surface area contributed by atoms with Crippen molar-refractivity contribution >= 4 is 17.6 Å². The molecule has 2 saturated heterocycles. The average molecular weight is 392 g/mol. The Morgan fingerprint density at radius 1 is 1.22 bits per heavy atom. The standard InChI is InChI=1S/C21H34ClN5/c1-4-23-21(27-14-11-19(16-27)26-12-5-6-13-26)24-15-20(25(2)3)17-7-9-18(22)10-8-17/h7-10,19-20H,4-6,11-16H2,1-3H3,(H,23,24). The van der Waals surface area contributed by atoms with Crippen molar-refractivity contribution in [1.29, 1.82) is 0 Å². The van der Waals surface area contributed by atoms with Crippen LogP contribution in [0.25, 0.3) is 0 Å². The van der Waals surface area contributed by atoms with Crippen molar-refractivity contribution in [3.8, 4) is 0 Å². The molecular weight excluding hydrogens is 358 g/mol. The van der Waals surface area contributed by atoms with Crippen molar-refractivity contribution in [2.45, 2.75) is 38.3 Å². The molecule has 0 bridgehead atoms. The summed E-state index contributed by atoms with van der Waals surface area (Å²) in [5, 5.41) is 4.28. The summed E-state index contributed by atoms with van der Waals surface area (Å²) >= 11 is 6.06. The van der Waals surface area contributed by atoms with Crippen molar-refractivity contribution in [1.82, 2.24) is 20.0 Å². The highest BCUT2D eigenvalue weighted by Gasteiger charge is 2.30. The summed E-state index contributed by atoms with van der Waals surface area (Å²) in [6.07, 6.45) is 3.96. The Kier molecular flexibility index (Phi) is 7.39. The molecular formula is C21H34ClN5. The zero-order valence-electron chi connectivity index (χ0n) is 17.0. The molecule has 0 aliphatic carbocycles. The molecule has 5 nitrogen and oxygen atoms in total. The summed E-state index contributed by atoms with van der Waals surface area (Å²) in [7, 11) is 4.22. The predicted octanol–water partition coefficient (Wildman–Crippen LogP) is 3.08. The first-order chi connectivity index (χ1) is 13.1. The fraction of sp³-hybridized carbons (Fsp3) is 0.667. The van der Waals surface area contributed by atoms with Crippen molar-refractivity contribution in [2.75, 3.05) is 53.4 Å². The Morgan fingerprint density at radius 3 is 2.56 bits per heavy atom. The Balaban J connectivity index is 1.67. The van der Waals surface area contributed by atoms with Gasteiger partial charge >= 0.3 is 0 Å². The molecule has 0 saturated carbocycles. The van der Waals surface area contributed by atoms with Crippen molar-refractivity contribution in [3.05, 3.63) is 34.9 Å². The van der Waals surface area contributed by atoms with Crippen LogP contribution < -0.4 is 5.32 Å². The van der Waals surface area contributed by atoms with E-state index < -0.39 is 0 Å². The average Bonchev–Trinajstić information content (AvgIpc) is 3.33. The number of nitrogens with zero attached hydrogens (tertiary/aromatic N) is 4. The molecule has 1 aromatic rings. The molecule has 6 heteroatoms. The monoisotopic (exact) mass is 391 g/mol. The van der Waals surface area contributed by atoms with Gasteiger partial charge in [-0.3, -0.25) is 9.89 Å². The minimum atomic E-state index is 0.243. The first-order valence-electron chi connectivity index (χ1n) is 10.3. The Hall–Kier alpha value is -1.30. The fourth-order valence-corrected chi connectivity index (χ4v) is 4.32. The van der Waals surface area contributed by atoms with Crippen LogP contribution in [-0.4, -0.2) is 80.1 Å². The normalized spacial score (nSPS) is 22.6. The number of guanidine groups is 1. The van der Waals surface area contributed by atoms with Gasteiger partial charge in [0.15, 0.2) is 5.96 Å². The van der Waals surface area contributed by atoms with E-state index in [1.807, 2.05) is 12.1 Å². The number of likely N-dealkylation sites (tertiary alicyclic amines) is 2. The van der Waals surface area contributed by atoms with E-state index in [9.17, 15) is 0 Å². The van der Waals surface area contributed by atoms with Gasteiger partial charge in [0.05, 0.1) is 12.6 Å². The summed E-state index contributed by atoms with van der Waals surface area (Å²) in [5.41, 5.74) is 1.25. The van der Waals surface area contributed by atoms with Crippen LogP contribution >= 0.6 is 11.6 Å². The Labute approximate surface area is 169 Å². The summed E-state index contributed by atoms with van der Waals surface area (Å²) in [4.78, 5) is 12.4. The van der Waals surface area contributed by atoms with E-state index in [2.05, 4.69) is 53.2 Å². The van der Waals surface area contributed by atoms with Gasteiger partial charge in [-0.25, -0.2) is 0 Å². The molecule has 2 unspecified atom stereocenters. The molecule has 3 rings (SSSR count). The molecule has 2 fully saturated rings. The molecule has 150 valence electrons. The number of likely N-dealkylation sites (N-methyl/N-ethyl adjacent to an activating group) is 1. The number of aliphatic imine (C=N–C) groups is 1. The maximum absolute atomic E-state index is 6.06. The molecule has 2 atom stereocenters. The van der Waals surface area contributed by atoms with E-state index in [4.69, 9.17) is 16.6 Å². The van der Waals surface area contributed by atoms with E-state index in [0.29, 0.717) is 6.04 Å². The van der Waals surface area contributed by atoms with Gasteiger partial charge in [0.2, 0.25) is 0 Å². The molecule has 0 radical (unpaired) electrons. The van der Waals surface area contributed by atoms with E-state index in [0.717, 1.165) is 37.2 Å². The van der Waals surface area contributed by atoms with Gasteiger partial charge in [0.25, 0.3) is 0 Å². The zero-order valence-corrected chi connectivity index (χ0v) is 17.8. The summed E-state index contributed by atoms with van der Waals surface area (Å²) in [5.74, 6) is 1.06. The highest BCUT2D eigenvalue weighted by atomic mass is 35.5. The topological polar surface area (TPSA) is 34.1 Å². The lowest BCUT2D eigenvalue weighted by Gasteiger charge is -2.27. The maximum Gasteiger partial charge on any atom is 0.194 e. The van der Waals surface area contributed by atoms with Gasteiger partial charge in [-0.2, -0.15) is 0 Å². The van der Waals surface area contributed by atoms with Gasteiger partial charge in [-0.05, 0) is 71.1 Å². The van der Waals surface area contributed by atoms with Crippen LogP contribution in [0.1, 0.15) is 37.8 Å². The molecule has 2 heterocycles. The van der Waals surface area contributed by atoms with Crippen LogP contribution in [0.3, 0.4) is 0 Å². The lowest BCUT2D eigenvalue weighted by molar-refractivity contribution is 0.249. The third kappa shape index (κ3) is 5.37. The van der Waals surface area contributed by atoms with E-state index in [-0.39, 0.29) is 6.04 Å². The van der Waals surface area contributed by atoms with Crippen LogP contribution in [0.15, 0.2) is 29.3 Å². The molecule has 1 aromatic carbocycles. The third-order valence-electron chi connectivity index (χ3n) is 5.75. The first kappa shape index (κ1) is 20.4. The Bertz CT molecular complexity index is 610.